The van der Waals surface area contributed by atoms with Gasteiger partial charge in [-0.05, 0) is 19.1 Å². The summed E-state index contributed by atoms with van der Waals surface area (Å²) in [6, 6.07) is 8.93. The molecule has 5 heteroatoms. The Hall–Kier alpha value is -1.43. The fourth-order valence-electron chi connectivity index (χ4n) is 1.94. The van der Waals surface area contributed by atoms with Crippen molar-refractivity contribution >= 4 is 11.6 Å². The molecule has 2 rings (SSSR count). The van der Waals surface area contributed by atoms with Gasteiger partial charge in [0.15, 0.2) is 0 Å². The standard InChI is InChI=1S/C14H20N2O3/c1-11(15-9-14(18)7-8-19-10-14)13(17)16-12-5-3-2-4-6-12/h2-6,11,15,18H,7-10H2,1H3,(H,16,17). The molecule has 2 atom stereocenters. The molecule has 5 nitrogen and oxygen atoms in total. The van der Waals surface area contributed by atoms with Gasteiger partial charge < -0.3 is 20.5 Å². The van der Waals surface area contributed by atoms with Gasteiger partial charge in [-0.25, -0.2) is 0 Å². The summed E-state index contributed by atoms with van der Waals surface area (Å²) in [7, 11) is 0. The fourth-order valence-corrected chi connectivity index (χ4v) is 1.94. The van der Waals surface area contributed by atoms with Crippen molar-refractivity contribution < 1.29 is 14.6 Å². The van der Waals surface area contributed by atoms with Crippen molar-refractivity contribution in [2.75, 3.05) is 25.1 Å². The normalized spacial score (nSPS) is 24.1. The van der Waals surface area contributed by atoms with E-state index in [1.807, 2.05) is 30.3 Å². The lowest BCUT2D eigenvalue weighted by Crippen LogP contribution is -2.47. The van der Waals surface area contributed by atoms with Crippen molar-refractivity contribution in [3.05, 3.63) is 30.3 Å². The Labute approximate surface area is 113 Å². The lowest BCUT2D eigenvalue weighted by atomic mass is 10.0. The minimum atomic E-state index is -0.846. The molecule has 1 aromatic rings. The van der Waals surface area contributed by atoms with Crippen molar-refractivity contribution in [3.8, 4) is 0 Å². The predicted molar refractivity (Wildman–Crippen MR) is 72.9 cm³/mol. The minimum absolute atomic E-state index is 0.117. The minimum Gasteiger partial charge on any atom is -0.386 e. The van der Waals surface area contributed by atoms with Crippen LogP contribution in [0.5, 0.6) is 0 Å². The van der Waals surface area contributed by atoms with E-state index in [-0.39, 0.29) is 11.9 Å². The zero-order chi connectivity index (χ0) is 13.7. The number of para-hydroxylation sites is 1. The molecule has 1 aliphatic rings. The van der Waals surface area contributed by atoms with E-state index in [4.69, 9.17) is 4.74 Å². The number of amides is 1. The zero-order valence-electron chi connectivity index (χ0n) is 11.1. The first-order valence-electron chi connectivity index (χ1n) is 6.48. The highest BCUT2D eigenvalue weighted by molar-refractivity contribution is 5.94. The van der Waals surface area contributed by atoms with E-state index in [0.29, 0.717) is 26.2 Å². The maximum Gasteiger partial charge on any atom is 0.241 e. The van der Waals surface area contributed by atoms with Gasteiger partial charge in [0.25, 0.3) is 0 Å². The molecule has 1 aromatic carbocycles. The molecule has 1 aliphatic heterocycles. The number of benzene rings is 1. The lowest BCUT2D eigenvalue weighted by molar-refractivity contribution is -0.118. The quantitative estimate of drug-likeness (QED) is 0.734. The van der Waals surface area contributed by atoms with Crippen LogP contribution in [0.3, 0.4) is 0 Å². The Morgan fingerprint density at radius 3 is 2.84 bits per heavy atom. The van der Waals surface area contributed by atoms with E-state index in [1.54, 1.807) is 6.92 Å². The highest BCUT2D eigenvalue weighted by atomic mass is 16.5. The second-order valence-electron chi connectivity index (χ2n) is 4.98. The summed E-state index contributed by atoms with van der Waals surface area (Å²) in [4.78, 5) is 11.9. The molecule has 1 amide bonds. The van der Waals surface area contributed by atoms with Crippen molar-refractivity contribution in [1.29, 1.82) is 0 Å². The van der Waals surface area contributed by atoms with E-state index in [0.717, 1.165) is 5.69 Å². The molecule has 0 aliphatic carbocycles. The van der Waals surface area contributed by atoms with Crippen LogP contribution in [-0.2, 0) is 9.53 Å². The van der Waals surface area contributed by atoms with Gasteiger partial charge in [-0.2, -0.15) is 0 Å². The number of ether oxygens (including phenoxy) is 1. The molecule has 19 heavy (non-hydrogen) atoms. The summed E-state index contributed by atoms with van der Waals surface area (Å²) in [5.41, 5.74) is -0.0783. The molecule has 0 bridgehead atoms. The molecule has 1 fully saturated rings. The third kappa shape index (κ3) is 4.02. The smallest absolute Gasteiger partial charge is 0.241 e. The molecule has 1 heterocycles. The third-order valence-electron chi connectivity index (χ3n) is 3.25. The van der Waals surface area contributed by atoms with E-state index in [1.165, 1.54) is 0 Å². The molecule has 104 valence electrons. The van der Waals surface area contributed by atoms with Crippen LogP contribution in [0, 0.1) is 0 Å². The number of anilines is 1. The molecular weight excluding hydrogens is 244 g/mol. The van der Waals surface area contributed by atoms with Gasteiger partial charge in [-0.3, -0.25) is 4.79 Å². The highest BCUT2D eigenvalue weighted by Crippen LogP contribution is 2.17. The van der Waals surface area contributed by atoms with E-state index < -0.39 is 5.60 Å². The summed E-state index contributed by atoms with van der Waals surface area (Å²) < 4.78 is 5.16. The SMILES string of the molecule is CC(NCC1(O)CCOC1)C(=O)Nc1ccccc1. The van der Waals surface area contributed by atoms with Crippen LogP contribution in [0.2, 0.25) is 0 Å². The first kappa shape index (κ1) is 14.0. The Bertz CT molecular complexity index is 416. The molecule has 1 saturated heterocycles. The Morgan fingerprint density at radius 1 is 1.47 bits per heavy atom. The van der Waals surface area contributed by atoms with Gasteiger partial charge in [0.2, 0.25) is 5.91 Å². The number of hydrogen-bond donors (Lipinski definition) is 3. The first-order chi connectivity index (χ1) is 9.09. The van der Waals surface area contributed by atoms with Crippen LogP contribution in [0.4, 0.5) is 5.69 Å². The highest BCUT2D eigenvalue weighted by Gasteiger charge is 2.32. The molecule has 0 aromatic heterocycles. The van der Waals surface area contributed by atoms with Crippen molar-refractivity contribution in [2.45, 2.75) is 25.0 Å². The van der Waals surface area contributed by atoms with Gasteiger partial charge >= 0.3 is 0 Å². The zero-order valence-corrected chi connectivity index (χ0v) is 11.1. The van der Waals surface area contributed by atoms with Crippen molar-refractivity contribution in [3.63, 3.8) is 0 Å². The third-order valence-corrected chi connectivity index (χ3v) is 3.25. The van der Waals surface area contributed by atoms with Gasteiger partial charge in [0.1, 0.15) is 5.60 Å². The Balaban J connectivity index is 1.79. The number of aliphatic hydroxyl groups is 1. The summed E-state index contributed by atoms with van der Waals surface area (Å²) in [5.74, 6) is -0.117. The van der Waals surface area contributed by atoms with Crippen LogP contribution >= 0.6 is 0 Å². The average molecular weight is 264 g/mol. The molecule has 0 radical (unpaired) electrons. The molecule has 2 unspecified atom stereocenters. The topological polar surface area (TPSA) is 70.6 Å². The van der Waals surface area contributed by atoms with E-state index in [9.17, 15) is 9.90 Å². The van der Waals surface area contributed by atoms with Crippen LogP contribution < -0.4 is 10.6 Å². The van der Waals surface area contributed by atoms with Gasteiger partial charge in [-0.15, -0.1) is 0 Å². The van der Waals surface area contributed by atoms with E-state index >= 15 is 0 Å². The van der Waals surface area contributed by atoms with Crippen LogP contribution in [0.25, 0.3) is 0 Å². The maximum atomic E-state index is 11.9. The molecule has 3 N–H and O–H groups in total. The molecular formula is C14H20N2O3. The second kappa shape index (κ2) is 6.14. The monoisotopic (exact) mass is 264 g/mol. The van der Waals surface area contributed by atoms with Gasteiger partial charge in [0, 0.05) is 25.3 Å². The summed E-state index contributed by atoms with van der Waals surface area (Å²) in [6.45, 7) is 3.03. The second-order valence-corrected chi connectivity index (χ2v) is 4.98. The van der Waals surface area contributed by atoms with Crippen LogP contribution in [0.1, 0.15) is 13.3 Å². The number of carbonyl (C=O) groups is 1. The number of nitrogens with one attached hydrogen (secondary N) is 2. The Kier molecular flexibility index (Phi) is 4.52. The van der Waals surface area contributed by atoms with Crippen molar-refractivity contribution in [2.24, 2.45) is 0 Å². The van der Waals surface area contributed by atoms with Crippen molar-refractivity contribution in [1.82, 2.24) is 5.32 Å². The fraction of sp³-hybridized carbons (Fsp3) is 0.500. The summed E-state index contributed by atoms with van der Waals surface area (Å²) in [6.07, 6.45) is 0.604. The molecule has 0 saturated carbocycles. The average Bonchev–Trinajstić information content (AvgIpc) is 2.84. The lowest BCUT2D eigenvalue weighted by Gasteiger charge is -2.23. The summed E-state index contributed by atoms with van der Waals surface area (Å²) in [5, 5.41) is 16.0. The van der Waals surface area contributed by atoms with E-state index in [2.05, 4.69) is 10.6 Å². The number of rotatable bonds is 5. The Morgan fingerprint density at radius 2 is 2.21 bits per heavy atom. The van der Waals surface area contributed by atoms with Crippen LogP contribution in [0.15, 0.2) is 30.3 Å². The number of hydrogen-bond acceptors (Lipinski definition) is 4. The largest absolute Gasteiger partial charge is 0.386 e. The van der Waals surface area contributed by atoms with Gasteiger partial charge in [0.05, 0.1) is 12.6 Å². The number of carbonyl (C=O) groups excluding carboxylic acids is 1. The first-order valence-corrected chi connectivity index (χ1v) is 6.48. The predicted octanol–water partition coefficient (Wildman–Crippen LogP) is 0.755. The van der Waals surface area contributed by atoms with Crippen LogP contribution in [-0.4, -0.2) is 42.4 Å². The summed E-state index contributed by atoms with van der Waals surface area (Å²) >= 11 is 0. The molecule has 0 spiro atoms. The van der Waals surface area contributed by atoms with Gasteiger partial charge in [-0.1, -0.05) is 18.2 Å². The maximum absolute atomic E-state index is 11.9.